The average molecular weight is 281 g/mol. The van der Waals surface area contributed by atoms with Gasteiger partial charge in [-0.25, -0.2) is 0 Å². The predicted molar refractivity (Wildman–Crippen MR) is 79.4 cm³/mol. The number of hydrogen-bond donors (Lipinski definition) is 3. The molecule has 104 valence electrons. The number of nitrogens with one attached hydrogen (secondary N) is 2. The minimum atomic E-state index is -0.746. The fraction of sp³-hybridized carbons (Fsp3) is 0.462. The van der Waals surface area contributed by atoms with E-state index in [1.165, 1.54) is 12.3 Å². The first-order chi connectivity index (χ1) is 8.86. The van der Waals surface area contributed by atoms with Crippen LogP contribution in [0.15, 0.2) is 17.1 Å². The van der Waals surface area contributed by atoms with Crippen LogP contribution in [0.5, 0.6) is 0 Å². The highest BCUT2D eigenvalue weighted by Crippen LogP contribution is 2.16. The molecule has 0 saturated carbocycles. The van der Waals surface area contributed by atoms with Gasteiger partial charge in [0, 0.05) is 18.0 Å². The summed E-state index contributed by atoms with van der Waals surface area (Å²) in [6.45, 7) is 5.53. The topological polar surface area (TPSA) is 88.0 Å². The molecule has 0 spiro atoms. The first-order valence-electron chi connectivity index (χ1n) is 6.18. The molecule has 1 aromatic rings. The number of carbonyl (C=O) groups is 1. The summed E-state index contributed by atoms with van der Waals surface area (Å²) >= 11 is 5.03. The lowest BCUT2D eigenvalue weighted by molar-refractivity contribution is 0.0918. The second kappa shape index (κ2) is 5.97. The zero-order valence-electron chi connectivity index (χ0n) is 11.4. The normalized spacial score (nSPS) is 11.1. The Labute approximate surface area is 117 Å². The molecular formula is C13H19N3O2S. The Morgan fingerprint density at radius 3 is 2.47 bits per heavy atom. The van der Waals surface area contributed by atoms with E-state index in [4.69, 9.17) is 18.0 Å². The summed E-state index contributed by atoms with van der Waals surface area (Å²) in [5.74, 6) is -0.460. The number of carbonyl (C=O) groups excluding carboxylic acids is 1. The zero-order chi connectivity index (χ0) is 14.6. The molecule has 0 aliphatic rings. The molecule has 6 heteroatoms. The summed E-state index contributed by atoms with van der Waals surface area (Å²) < 4.78 is 0. The van der Waals surface area contributed by atoms with E-state index in [0.29, 0.717) is 18.5 Å². The third-order valence-corrected chi connectivity index (χ3v) is 3.72. The maximum Gasteiger partial charge on any atom is 0.257 e. The lowest BCUT2D eigenvalue weighted by Crippen LogP contribution is -2.56. The van der Waals surface area contributed by atoms with Crippen molar-refractivity contribution in [2.24, 2.45) is 5.73 Å². The van der Waals surface area contributed by atoms with E-state index < -0.39 is 11.4 Å². The van der Waals surface area contributed by atoms with Crippen molar-refractivity contribution < 1.29 is 4.79 Å². The second-order valence-corrected chi connectivity index (χ2v) is 4.94. The summed E-state index contributed by atoms with van der Waals surface area (Å²) in [6.07, 6.45) is 2.56. The van der Waals surface area contributed by atoms with Crippen LogP contribution >= 0.6 is 12.2 Å². The van der Waals surface area contributed by atoms with Crippen molar-refractivity contribution in [3.05, 3.63) is 33.7 Å². The van der Waals surface area contributed by atoms with Gasteiger partial charge in [0.1, 0.15) is 5.56 Å². The molecule has 0 unspecified atom stereocenters. The summed E-state index contributed by atoms with van der Waals surface area (Å²) in [7, 11) is 0. The maximum atomic E-state index is 12.2. The average Bonchev–Trinajstić information content (AvgIpc) is 2.35. The van der Waals surface area contributed by atoms with Crippen molar-refractivity contribution in [3.63, 3.8) is 0 Å². The van der Waals surface area contributed by atoms with Crippen LogP contribution in [-0.4, -0.2) is 21.4 Å². The quantitative estimate of drug-likeness (QED) is 0.709. The van der Waals surface area contributed by atoms with Gasteiger partial charge in [0.2, 0.25) is 0 Å². The van der Waals surface area contributed by atoms with Crippen LogP contribution in [0.2, 0.25) is 0 Å². The van der Waals surface area contributed by atoms with Crippen molar-refractivity contribution >= 4 is 23.1 Å². The summed E-state index contributed by atoms with van der Waals surface area (Å²) in [5, 5.41) is 2.78. The third kappa shape index (κ3) is 3.20. The highest BCUT2D eigenvalue weighted by molar-refractivity contribution is 7.80. The third-order valence-electron chi connectivity index (χ3n) is 3.33. The predicted octanol–water partition coefficient (Wildman–Crippen LogP) is 1.26. The SMILES string of the molecule is CCC(CC)(NC(=O)c1c[nH]c(C)cc1=O)C(N)=S. The van der Waals surface area contributed by atoms with Gasteiger partial charge < -0.3 is 16.0 Å². The van der Waals surface area contributed by atoms with Crippen LogP contribution in [-0.2, 0) is 0 Å². The Balaban J connectivity index is 3.07. The molecule has 1 aromatic heterocycles. The maximum absolute atomic E-state index is 12.2. The molecule has 4 N–H and O–H groups in total. The molecule has 0 aliphatic heterocycles. The molecule has 5 nitrogen and oxygen atoms in total. The number of amides is 1. The van der Waals surface area contributed by atoms with E-state index in [2.05, 4.69) is 10.3 Å². The number of rotatable bonds is 5. The Hall–Kier alpha value is -1.69. The van der Waals surface area contributed by atoms with Gasteiger partial charge in [-0.15, -0.1) is 0 Å². The highest BCUT2D eigenvalue weighted by Gasteiger charge is 2.32. The van der Waals surface area contributed by atoms with Crippen molar-refractivity contribution in [1.82, 2.24) is 10.3 Å². The second-order valence-electron chi connectivity index (χ2n) is 4.50. The van der Waals surface area contributed by atoms with Gasteiger partial charge in [-0.3, -0.25) is 9.59 Å². The summed E-state index contributed by atoms with van der Waals surface area (Å²) in [5.41, 5.74) is 5.41. The number of hydrogen-bond acceptors (Lipinski definition) is 3. The Kier molecular flexibility index (Phi) is 4.83. The number of nitrogens with two attached hydrogens (primary N) is 1. The molecule has 0 bridgehead atoms. The lowest BCUT2D eigenvalue weighted by atomic mass is 9.92. The van der Waals surface area contributed by atoms with E-state index in [1.54, 1.807) is 6.92 Å². The van der Waals surface area contributed by atoms with Gasteiger partial charge in [-0.05, 0) is 19.8 Å². The number of pyridine rings is 1. The standard InChI is InChI=1S/C13H19N3O2S/c1-4-13(5-2,12(14)19)16-11(18)9-7-15-8(3)6-10(9)17/h6-7H,4-5H2,1-3H3,(H2,14,19)(H,15,17)(H,16,18). The van der Waals surface area contributed by atoms with Gasteiger partial charge in [-0.2, -0.15) is 0 Å². The molecule has 0 aliphatic carbocycles. The number of thiocarbonyl (C=S) groups is 1. The van der Waals surface area contributed by atoms with Crippen molar-refractivity contribution in [1.29, 1.82) is 0 Å². The Morgan fingerprint density at radius 1 is 1.47 bits per heavy atom. The van der Waals surface area contributed by atoms with Crippen LogP contribution in [0.25, 0.3) is 0 Å². The molecule has 0 saturated heterocycles. The Morgan fingerprint density at radius 2 is 2.05 bits per heavy atom. The smallest absolute Gasteiger partial charge is 0.257 e. The molecule has 0 fully saturated rings. The Bertz CT molecular complexity index is 547. The number of aromatic nitrogens is 1. The molecule has 19 heavy (non-hydrogen) atoms. The monoisotopic (exact) mass is 281 g/mol. The minimum Gasteiger partial charge on any atom is -0.391 e. The van der Waals surface area contributed by atoms with Crippen molar-refractivity contribution in [2.45, 2.75) is 39.2 Å². The van der Waals surface area contributed by atoms with Gasteiger partial charge in [0.25, 0.3) is 5.91 Å². The molecule has 1 amide bonds. The van der Waals surface area contributed by atoms with Gasteiger partial charge in [0.15, 0.2) is 5.43 Å². The number of aromatic amines is 1. The van der Waals surface area contributed by atoms with E-state index >= 15 is 0 Å². The molecule has 0 radical (unpaired) electrons. The van der Waals surface area contributed by atoms with Gasteiger partial charge in [0.05, 0.1) is 10.5 Å². The highest BCUT2D eigenvalue weighted by atomic mass is 32.1. The van der Waals surface area contributed by atoms with Crippen molar-refractivity contribution in [3.8, 4) is 0 Å². The number of aryl methyl sites for hydroxylation is 1. The van der Waals surface area contributed by atoms with Crippen LogP contribution in [0, 0.1) is 6.92 Å². The van der Waals surface area contributed by atoms with Gasteiger partial charge >= 0.3 is 0 Å². The largest absolute Gasteiger partial charge is 0.391 e. The number of H-pyrrole nitrogens is 1. The van der Waals surface area contributed by atoms with Crippen LogP contribution in [0.4, 0.5) is 0 Å². The minimum absolute atomic E-state index is 0.0631. The molecule has 1 rings (SSSR count). The zero-order valence-corrected chi connectivity index (χ0v) is 12.2. The van der Waals surface area contributed by atoms with Crippen LogP contribution in [0.1, 0.15) is 42.7 Å². The van der Waals surface area contributed by atoms with E-state index in [-0.39, 0.29) is 16.0 Å². The fourth-order valence-electron chi connectivity index (χ4n) is 1.87. The van der Waals surface area contributed by atoms with E-state index in [0.717, 1.165) is 0 Å². The summed E-state index contributed by atoms with van der Waals surface area (Å²) in [6, 6.07) is 1.38. The van der Waals surface area contributed by atoms with Crippen LogP contribution in [0.3, 0.4) is 0 Å². The van der Waals surface area contributed by atoms with Gasteiger partial charge in [-0.1, -0.05) is 26.1 Å². The lowest BCUT2D eigenvalue weighted by Gasteiger charge is -2.31. The van der Waals surface area contributed by atoms with E-state index in [1.807, 2.05) is 13.8 Å². The first kappa shape index (κ1) is 15.4. The molecule has 0 aromatic carbocycles. The summed E-state index contributed by atoms with van der Waals surface area (Å²) in [4.78, 5) is 27.0. The molecule has 1 heterocycles. The fourth-order valence-corrected chi connectivity index (χ4v) is 2.21. The molecule has 0 atom stereocenters. The molecular weight excluding hydrogens is 262 g/mol. The van der Waals surface area contributed by atoms with E-state index in [9.17, 15) is 9.59 Å². The first-order valence-corrected chi connectivity index (χ1v) is 6.59. The van der Waals surface area contributed by atoms with Crippen LogP contribution < -0.4 is 16.5 Å². The van der Waals surface area contributed by atoms with Crippen molar-refractivity contribution in [2.75, 3.05) is 0 Å².